The Labute approximate surface area is 97.4 Å². The van der Waals surface area contributed by atoms with Crippen molar-refractivity contribution in [2.45, 2.75) is 44.6 Å². The molecule has 0 aromatic carbocycles. The lowest BCUT2D eigenvalue weighted by molar-refractivity contribution is -0.125. The lowest BCUT2D eigenvalue weighted by Gasteiger charge is -2.15. The van der Waals surface area contributed by atoms with Crippen LogP contribution < -0.4 is 10.6 Å². The van der Waals surface area contributed by atoms with Crippen LogP contribution in [0.5, 0.6) is 0 Å². The Bertz CT molecular complexity index is 261. The first-order valence-corrected chi connectivity index (χ1v) is 6.87. The van der Waals surface area contributed by atoms with E-state index in [2.05, 4.69) is 10.6 Å². The highest BCUT2D eigenvalue weighted by molar-refractivity contribution is 5.79. The lowest BCUT2D eigenvalue weighted by atomic mass is 9.99. The number of rotatable bonds is 2. The fourth-order valence-corrected chi connectivity index (χ4v) is 3.46. The molecule has 3 nitrogen and oxygen atoms in total. The van der Waals surface area contributed by atoms with Gasteiger partial charge in [-0.15, -0.1) is 0 Å². The van der Waals surface area contributed by atoms with Gasteiger partial charge in [-0.05, 0) is 24.7 Å². The third kappa shape index (κ3) is 1.97. The molecule has 3 rings (SSSR count). The lowest BCUT2D eigenvalue weighted by Crippen LogP contribution is -2.36. The summed E-state index contributed by atoms with van der Waals surface area (Å²) in [6.07, 6.45) is 7.37. The minimum absolute atomic E-state index is 0.316. The normalized spacial score (nSPS) is 38.9. The minimum atomic E-state index is 0.316. The Balaban J connectivity index is 1.49. The number of carbonyl (C=O) groups is 1. The first-order chi connectivity index (χ1) is 7.86. The van der Waals surface area contributed by atoms with Crippen LogP contribution in [0, 0.1) is 17.8 Å². The quantitative estimate of drug-likeness (QED) is 0.691. The highest BCUT2D eigenvalue weighted by atomic mass is 16.2. The van der Waals surface area contributed by atoms with Gasteiger partial charge in [0.05, 0.1) is 0 Å². The van der Waals surface area contributed by atoms with Gasteiger partial charge in [-0.3, -0.25) is 4.79 Å². The Morgan fingerprint density at radius 3 is 2.25 bits per heavy atom. The van der Waals surface area contributed by atoms with Crippen LogP contribution in [0.3, 0.4) is 0 Å². The summed E-state index contributed by atoms with van der Waals surface area (Å²) in [5.41, 5.74) is 0. The van der Waals surface area contributed by atoms with E-state index in [4.69, 9.17) is 0 Å². The van der Waals surface area contributed by atoms with Crippen LogP contribution in [-0.2, 0) is 4.79 Å². The molecule has 2 aliphatic carbocycles. The third-order valence-electron chi connectivity index (χ3n) is 4.63. The zero-order valence-corrected chi connectivity index (χ0v) is 9.87. The fourth-order valence-electron chi connectivity index (χ4n) is 3.46. The summed E-state index contributed by atoms with van der Waals surface area (Å²) in [6.45, 7) is 2.22. The van der Waals surface area contributed by atoms with Gasteiger partial charge in [0.2, 0.25) is 5.91 Å². The van der Waals surface area contributed by atoms with Gasteiger partial charge in [-0.2, -0.15) is 0 Å². The number of hydrogen-bond donors (Lipinski definition) is 2. The second-order valence-corrected chi connectivity index (χ2v) is 5.71. The van der Waals surface area contributed by atoms with Crippen molar-refractivity contribution >= 4 is 5.91 Å². The summed E-state index contributed by atoms with van der Waals surface area (Å²) in [4.78, 5) is 12.1. The molecule has 1 heterocycles. The fraction of sp³-hybridized carbons (Fsp3) is 0.923. The van der Waals surface area contributed by atoms with E-state index in [1.165, 1.54) is 25.7 Å². The first kappa shape index (κ1) is 10.6. The van der Waals surface area contributed by atoms with Crippen LogP contribution in [0.4, 0.5) is 0 Å². The van der Waals surface area contributed by atoms with E-state index in [0.29, 0.717) is 17.9 Å². The Morgan fingerprint density at radius 1 is 1.00 bits per heavy atom. The maximum Gasteiger partial charge on any atom is 0.223 e. The molecule has 2 atom stereocenters. The first-order valence-electron chi connectivity index (χ1n) is 6.87. The highest BCUT2D eigenvalue weighted by Crippen LogP contribution is 2.42. The largest absolute Gasteiger partial charge is 0.352 e. The molecule has 0 bridgehead atoms. The summed E-state index contributed by atoms with van der Waals surface area (Å²) in [6, 6.07) is 0.511. The van der Waals surface area contributed by atoms with E-state index in [1.54, 1.807) is 0 Å². The molecule has 0 aromatic heterocycles. The predicted octanol–water partition coefficient (Wildman–Crippen LogP) is 1.29. The van der Waals surface area contributed by atoms with Gasteiger partial charge in [0.25, 0.3) is 0 Å². The second-order valence-electron chi connectivity index (χ2n) is 5.71. The molecule has 2 unspecified atom stereocenters. The van der Waals surface area contributed by atoms with E-state index < -0.39 is 0 Å². The standard InChI is InChI=1S/C13H22N2O/c16-13(9-5-3-1-2-4-6-9)15-12-10-7-14-8-11(10)12/h9-12,14H,1-8H2,(H,15,16). The van der Waals surface area contributed by atoms with Crippen LogP contribution in [0.15, 0.2) is 0 Å². The topological polar surface area (TPSA) is 41.1 Å². The van der Waals surface area contributed by atoms with Gasteiger partial charge < -0.3 is 10.6 Å². The SMILES string of the molecule is O=C(NC1C2CNCC21)C1CCCCCC1. The van der Waals surface area contributed by atoms with Crippen molar-refractivity contribution in [2.24, 2.45) is 17.8 Å². The van der Waals surface area contributed by atoms with Crippen molar-refractivity contribution in [3.8, 4) is 0 Å². The number of nitrogens with one attached hydrogen (secondary N) is 2. The van der Waals surface area contributed by atoms with Gasteiger partial charge >= 0.3 is 0 Å². The Hall–Kier alpha value is -0.570. The maximum atomic E-state index is 12.1. The average molecular weight is 222 g/mol. The van der Waals surface area contributed by atoms with Gasteiger partial charge in [-0.1, -0.05) is 25.7 Å². The van der Waals surface area contributed by atoms with E-state index in [9.17, 15) is 4.79 Å². The summed E-state index contributed by atoms with van der Waals surface area (Å²) in [5, 5.41) is 6.64. The van der Waals surface area contributed by atoms with Crippen LogP contribution in [-0.4, -0.2) is 25.0 Å². The van der Waals surface area contributed by atoms with Crippen LogP contribution in [0.25, 0.3) is 0 Å². The van der Waals surface area contributed by atoms with Gasteiger partial charge in [0.15, 0.2) is 0 Å². The molecule has 2 N–H and O–H groups in total. The second kappa shape index (κ2) is 4.36. The maximum absolute atomic E-state index is 12.1. The molecule has 1 aliphatic heterocycles. The molecule has 2 saturated carbocycles. The molecule has 3 fully saturated rings. The van der Waals surface area contributed by atoms with E-state index in [0.717, 1.165) is 37.8 Å². The van der Waals surface area contributed by atoms with Gasteiger partial charge in [0.1, 0.15) is 0 Å². The molecular weight excluding hydrogens is 200 g/mol. The molecule has 0 radical (unpaired) electrons. The smallest absolute Gasteiger partial charge is 0.223 e. The van der Waals surface area contributed by atoms with Crippen LogP contribution >= 0.6 is 0 Å². The third-order valence-corrected chi connectivity index (χ3v) is 4.63. The van der Waals surface area contributed by atoms with Crippen LogP contribution in [0.1, 0.15) is 38.5 Å². The average Bonchev–Trinajstić information content (AvgIpc) is 2.82. The van der Waals surface area contributed by atoms with Crippen molar-refractivity contribution in [3.63, 3.8) is 0 Å². The number of hydrogen-bond acceptors (Lipinski definition) is 2. The Morgan fingerprint density at radius 2 is 1.62 bits per heavy atom. The molecule has 0 aromatic rings. The summed E-state index contributed by atoms with van der Waals surface area (Å²) < 4.78 is 0. The zero-order chi connectivity index (χ0) is 11.0. The van der Waals surface area contributed by atoms with Crippen molar-refractivity contribution in [1.82, 2.24) is 10.6 Å². The number of amides is 1. The molecular formula is C13H22N2O. The Kier molecular flexibility index (Phi) is 2.88. The van der Waals surface area contributed by atoms with Crippen molar-refractivity contribution in [2.75, 3.05) is 13.1 Å². The molecule has 0 spiro atoms. The van der Waals surface area contributed by atoms with Gasteiger partial charge in [-0.25, -0.2) is 0 Å². The number of carbonyl (C=O) groups excluding carboxylic acids is 1. The van der Waals surface area contributed by atoms with Gasteiger partial charge in [0, 0.05) is 25.0 Å². The number of fused-ring (bicyclic) bond motifs is 1. The molecule has 1 saturated heterocycles. The highest BCUT2D eigenvalue weighted by Gasteiger charge is 2.53. The molecule has 3 heteroatoms. The summed E-state index contributed by atoms with van der Waals surface area (Å²) in [7, 11) is 0. The molecule has 16 heavy (non-hydrogen) atoms. The van der Waals surface area contributed by atoms with E-state index in [1.807, 2.05) is 0 Å². The van der Waals surface area contributed by atoms with E-state index in [-0.39, 0.29) is 0 Å². The number of piperidine rings is 1. The van der Waals surface area contributed by atoms with E-state index >= 15 is 0 Å². The predicted molar refractivity (Wildman–Crippen MR) is 63.0 cm³/mol. The summed E-state index contributed by atoms with van der Waals surface area (Å²) >= 11 is 0. The van der Waals surface area contributed by atoms with Crippen LogP contribution in [0.2, 0.25) is 0 Å². The van der Waals surface area contributed by atoms with Crippen molar-refractivity contribution < 1.29 is 4.79 Å². The summed E-state index contributed by atoms with van der Waals surface area (Å²) in [5.74, 6) is 2.16. The molecule has 1 amide bonds. The minimum Gasteiger partial charge on any atom is -0.352 e. The molecule has 90 valence electrons. The van der Waals surface area contributed by atoms with Crippen molar-refractivity contribution in [3.05, 3.63) is 0 Å². The molecule has 3 aliphatic rings. The van der Waals surface area contributed by atoms with Crippen molar-refractivity contribution in [1.29, 1.82) is 0 Å². The monoisotopic (exact) mass is 222 g/mol. The zero-order valence-electron chi connectivity index (χ0n) is 9.87.